The van der Waals surface area contributed by atoms with Gasteiger partial charge in [-0.25, -0.2) is 0 Å². The quantitative estimate of drug-likeness (QED) is 0.659. The van der Waals surface area contributed by atoms with Crippen LogP contribution in [0, 0.1) is 0 Å². The van der Waals surface area contributed by atoms with Gasteiger partial charge in [0.15, 0.2) is 0 Å². The molecule has 1 N–H and O–H groups in total. The molecule has 0 unspecified atom stereocenters. The third-order valence-electron chi connectivity index (χ3n) is 2.12. The molecule has 1 heteroatoms. The number of aliphatic hydroxyl groups excluding tert-OH is 1. The molecule has 0 saturated heterocycles. The van der Waals surface area contributed by atoms with E-state index in [4.69, 9.17) is 0 Å². The molecule has 0 aliphatic heterocycles. The number of rotatable bonds is 2. The molecule has 1 aromatic rings. The highest BCUT2D eigenvalue weighted by Gasteiger charge is 2.16. The van der Waals surface area contributed by atoms with Gasteiger partial charge in [0.05, 0.1) is 5.76 Å². The lowest BCUT2D eigenvalue weighted by Gasteiger charge is -1.98. The maximum atomic E-state index is 9.52. The van der Waals surface area contributed by atoms with E-state index < -0.39 is 0 Å². The van der Waals surface area contributed by atoms with Gasteiger partial charge < -0.3 is 5.11 Å². The Balaban J connectivity index is 2.09. The Labute approximate surface area is 72.4 Å². The zero-order chi connectivity index (χ0) is 8.39. The zero-order valence-corrected chi connectivity index (χ0v) is 6.96. The second-order valence-corrected chi connectivity index (χ2v) is 3.21. The summed E-state index contributed by atoms with van der Waals surface area (Å²) < 4.78 is 0. The van der Waals surface area contributed by atoms with Crippen LogP contribution in [0.25, 0.3) is 0 Å². The lowest BCUT2D eigenvalue weighted by atomic mass is 10.1. The average molecular weight is 160 g/mol. The van der Waals surface area contributed by atoms with Gasteiger partial charge in [-0.05, 0) is 24.0 Å². The predicted molar refractivity (Wildman–Crippen MR) is 49.0 cm³/mol. The molecular formula is C11H12O. The van der Waals surface area contributed by atoms with Crippen molar-refractivity contribution < 1.29 is 5.11 Å². The molecule has 0 amide bonds. The second-order valence-electron chi connectivity index (χ2n) is 3.21. The second kappa shape index (κ2) is 3.02. The summed E-state index contributed by atoms with van der Waals surface area (Å²) in [4.78, 5) is 0. The predicted octanol–water partition coefficient (Wildman–Crippen LogP) is 2.84. The monoisotopic (exact) mass is 160 g/mol. The molecule has 1 aliphatic rings. The van der Waals surface area contributed by atoms with E-state index in [0.29, 0.717) is 12.2 Å². The Bertz CT molecular complexity index is 292. The third kappa shape index (κ3) is 1.67. The number of hydrogen-bond acceptors (Lipinski definition) is 1. The Morgan fingerprint density at radius 3 is 2.42 bits per heavy atom. The van der Waals surface area contributed by atoms with Gasteiger partial charge in [0, 0.05) is 6.42 Å². The summed E-state index contributed by atoms with van der Waals surface area (Å²) in [5.41, 5.74) is 2.42. The Kier molecular flexibility index (Phi) is 1.86. The number of benzene rings is 1. The minimum Gasteiger partial charge on any atom is -0.512 e. The minimum absolute atomic E-state index is 0.584. The van der Waals surface area contributed by atoms with Crippen LogP contribution in [0.5, 0.6) is 0 Å². The first-order valence-corrected chi connectivity index (χ1v) is 4.30. The van der Waals surface area contributed by atoms with E-state index in [0.717, 1.165) is 12.8 Å². The summed E-state index contributed by atoms with van der Waals surface area (Å²) in [5.74, 6) is 0.584. The topological polar surface area (TPSA) is 20.2 Å². The molecule has 1 nitrogen and oxygen atoms in total. The molecule has 0 spiro atoms. The average Bonchev–Trinajstić information content (AvgIpc) is 2.88. The summed E-state index contributed by atoms with van der Waals surface area (Å²) in [6.45, 7) is 0. The van der Waals surface area contributed by atoms with Crippen molar-refractivity contribution in [3.05, 3.63) is 47.2 Å². The molecule has 2 rings (SSSR count). The first-order valence-electron chi connectivity index (χ1n) is 4.30. The number of hydrogen-bond donors (Lipinski definition) is 1. The van der Waals surface area contributed by atoms with Gasteiger partial charge in [-0.15, -0.1) is 0 Å². The molecule has 0 atom stereocenters. The van der Waals surface area contributed by atoms with Crippen molar-refractivity contribution in [3.8, 4) is 0 Å². The van der Waals surface area contributed by atoms with Gasteiger partial charge in [0.2, 0.25) is 0 Å². The van der Waals surface area contributed by atoms with Crippen molar-refractivity contribution in [1.29, 1.82) is 0 Å². The molecule has 1 aliphatic carbocycles. The van der Waals surface area contributed by atoms with Crippen LogP contribution in [0.4, 0.5) is 0 Å². The van der Waals surface area contributed by atoms with Crippen LogP contribution in [-0.4, -0.2) is 5.11 Å². The molecule has 0 aromatic heterocycles. The summed E-state index contributed by atoms with van der Waals surface area (Å²) in [7, 11) is 0. The summed E-state index contributed by atoms with van der Waals surface area (Å²) in [6.07, 6.45) is 2.90. The largest absolute Gasteiger partial charge is 0.512 e. The molecule has 1 aromatic carbocycles. The molecule has 1 fully saturated rings. The maximum absolute atomic E-state index is 9.52. The minimum atomic E-state index is 0.584. The van der Waals surface area contributed by atoms with Crippen molar-refractivity contribution in [3.63, 3.8) is 0 Å². The number of allylic oxidation sites excluding steroid dienone is 2. The van der Waals surface area contributed by atoms with Crippen LogP contribution in [-0.2, 0) is 6.42 Å². The molecule has 12 heavy (non-hydrogen) atoms. The van der Waals surface area contributed by atoms with Crippen LogP contribution in [0.3, 0.4) is 0 Å². The highest BCUT2D eigenvalue weighted by molar-refractivity contribution is 5.26. The Morgan fingerprint density at radius 2 is 1.83 bits per heavy atom. The number of aliphatic hydroxyl groups is 1. The lowest BCUT2D eigenvalue weighted by molar-refractivity contribution is 0.395. The smallest absolute Gasteiger partial charge is 0.0958 e. The van der Waals surface area contributed by atoms with E-state index in [2.05, 4.69) is 0 Å². The molecular weight excluding hydrogens is 148 g/mol. The van der Waals surface area contributed by atoms with E-state index >= 15 is 0 Å². The molecule has 0 heterocycles. The van der Waals surface area contributed by atoms with Crippen LogP contribution in [0.2, 0.25) is 0 Å². The summed E-state index contributed by atoms with van der Waals surface area (Å²) in [5, 5.41) is 9.52. The van der Waals surface area contributed by atoms with Gasteiger partial charge in [-0.2, -0.15) is 0 Å². The molecule has 62 valence electrons. The molecule has 0 radical (unpaired) electrons. The zero-order valence-electron chi connectivity index (χ0n) is 6.96. The molecule has 1 saturated carbocycles. The van der Waals surface area contributed by atoms with Crippen LogP contribution in [0.15, 0.2) is 41.7 Å². The van der Waals surface area contributed by atoms with E-state index in [1.807, 2.05) is 30.3 Å². The van der Waals surface area contributed by atoms with Gasteiger partial charge in [-0.3, -0.25) is 0 Å². The fourth-order valence-corrected chi connectivity index (χ4v) is 1.27. The first kappa shape index (κ1) is 7.41. The van der Waals surface area contributed by atoms with Crippen LogP contribution >= 0.6 is 0 Å². The van der Waals surface area contributed by atoms with E-state index in [-0.39, 0.29) is 0 Å². The van der Waals surface area contributed by atoms with Crippen molar-refractivity contribution >= 4 is 0 Å². The standard InChI is InChI=1S/C11H12O/c12-11(10-6-7-10)8-9-4-2-1-3-5-9/h1-5,12H,6-8H2. The van der Waals surface area contributed by atoms with E-state index in [1.165, 1.54) is 11.1 Å². The SMILES string of the molecule is OC(Cc1ccccc1)=C1CC1. The lowest BCUT2D eigenvalue weighted by Crippen LogP contribution is -1.88. The summed E-state index contributed by atoms with van der Waals surface area (Å²) in [6, 6.07) is 10.1. The van der Waals surface area contributed by atoms with Gasteiger partial charge in [0.1, 0.15) is 0 Å². The van der Waals surface area contributed by atoms with Crippen molar-refractivity contribution in [1.82, 2.24) is 0 Å². The van der Waals surface area contributed by atoms with E-state index in [9.17, 15) is 5.11 Å². The maximum Gasteiger partial charge on any atom is 0.0958 e. The van der Waals surface area contributed by atoms with Crippen LogP contribution < -0.4 is 0 Å². The Morgan fingerprint density at radius 1 is 1.17 bits per heavy atom. The van der Waals surface area contributed by atoms with Gasteiger partial charge in [0.25, 0.3) is 0 Å². The van der Waals surface area contributed by atoms with Crippen molar-refractivity contribution in [2.75, 3.05) is 0 Å². The van der Waals surface area contributed by atoms with Crippen molar-refractivity contribution in [2.45, 2.75) is 19.3 Å². The fourth-order valence-electron chi connectivity index (χ4n) is 1.27. The van der Waals surface area contributed by atoms with Gasteiger partial charge in [-0.1, -0.05) is 30.3 Å². The first-order chi connectivity index (χ1) is 5.86. The van der Waals surface area contributed by atoms with E-state index in [1.54, 1.807) is 0 Å². The van der Waals surface area contributed by atoms with Crippen LogP contribution in [0.1, 0.15) is 18.4 Å². The fraction of sp³-hybridized carbons (Fsp3) is 0.273. The van der Waals surface area contributed by atoms with Crippen molar-refractivity contribution in [2.24, 2.45) is 0 Å². The van der Waals surface area contributed by atoms with Gasteiger partial charge >= 0.3 is 0 Å². The highest BCUT2D eigenvalue weighted by atomic mass is 16.3. The Hall–Kier alpha value is -1.24. The summed E-state index contributed by atoms with van der Waals surface area (Å²) >= 11 is 0. The third-order valence-corrected chi connectivity index (χ3v) is 2.12. The normalized spacial score (nSPS) is 14.5. The highest BCUT2D eigenvalue weighted by Crippen LogP contribution is 2.31. The molecule has 0 bridgehead atoms.